The maximum absolute atomic E-state index is 9.34. The molecule has 0 aliphatic carbocycles. The van der Waals surface area contributed by atoms with E-state index in [0.717, 1.165) is 16.9 Å². The first kappa shape index (κ1) is 16.6. The van der Waals surface area contributed by atoms with Crippen LogP contribution in [0, 0.1) is 0 Å². The molecule has 0 saturated heterocycles. The summed E-state index contributed by atoms with van der Waals surface area (Å²) in [6, 6.07) is 9.79. The van der Waals surface area contributed by atoms with E-state index in [4.69, 9.17) is 9.26 Å². The Labute approximate surface area is 144 Å². The highest BCUT2D eigenvalue weighted by Gasteiger charge is 2.15. The second-order valence-electron chi connectivity index (χ2n) is 5.27. The summed E-state index contributed by atoms with van der Waals surface area (Å²) in [7, 11) is 1.65. The fourth-order valence-electron chi connectivity index (χ4n) is 2.45. The zero-order valence-corrected chi connectivity index (χ0v) is 14.2. The molecule has 7 heteroatoms. The van der Waals surface area contributed by atoms with E-state index < -0.39 is 0 Å². The van der Waals surface area contributed by atoms with Crippen molar-refractivity contribution in [3.8, 4) is 17.1 Å². The van der Waals surface area contributed by atoms with Crippen LogP contribution in [0.4, 0.5) is 0 Å². The van der Waals surface area contributed by atoms with Crippen molar-refractivity contribution in [3.05, 3.63) is 52.5 Å². The second-order valence-corrected chi connectivity index (χ2v) is 6.05. The Bertz CT molecular complexity index is 758. The SMILES string of the molecule is COc1ccccc1CN(CCO)Cc1nc(-c2ccsc2)no1. The van der Waals surface area contributed by atoms with Gasteiger partial charge in [0.25, 0.3) is 0 Å². The van der Waals surface area contributed by atoms with Crippen LogP contribution in [0.15, 0.2) is 45.6 Å². The fourth-order valence-corrected chi connectivity index (χ4v) is 3.08. The zero-order valence-electron chi connectivity index (χ0n) is 13.4. The Morgan fingerprint density at radius 3 is 2.88 bits per heavy atom. The average molecular weight is 345 g/mol. The summed E-state index contributed by atoms with van der Waals surface area (Å²) in [5, 5.41) is 17.3. The molecule has 2 heterocycles. The van der Waals surface area contributed by atoms with Crippen LogP contribution in [-0.4, -0.2) is 40.4 Å². The smallest absolute Gasteiger partial charge is 0.241 e. The summed E-state index contributed by atoms with van der Waals surface area (Å²) in [5.74, 6) is 1.94. The lowest BCUT2D eigenvalue weighted by Crippen LogP contribution is -2.26. The van der Waals surface area contributed by atoms with Gasteiger partial charge in [0.05, 0.1) is 20.3 Å². The van der Waals surface area contributed by atoms with Gasteiger partial charge >= 0.3 is 0 Å². The summed E-state index contributed by atoms with van der Waals surface area (Å²) in [6.45, 7) is 1.66. The Hall–Kier alpha value is -2.22. The highest BCUT2D eigenvalue weighted by atomic mass is 32.1. The maximum atomic E-state index is 9.34. The summed E-state index contributed by atoms with van der Waals surface area (Å²) in [5.41, 5.74) is 2.00. The first-order valence-electron chi connectivity index (χ1n) is 7.60. The van der Waals surface area contributed by atoms with Crippen LogP contribution in [0.1, 0.15) is 11.5 Å². The van der Waals surface area contributed by atoms with Gasteiger partial charge in [-0.1, -0.05) is 23.4 Å². The van der Waals surface area contributed by atoms with E-state index in [9.17, 15) is 5.11 Å². The van der Waals surface area contributed by atoms with Crippen LogP contribution in [0.5, 0.6) is 5.75 Å². The first-order chi connectivity index (χ1) is 11.8. The molecular weight excluding hydrogens is 326 g/mol. The minimum absolute atomic E-state index is 0.0562. The van der Waals surface area contributed by atoms with Gasteiger partial charge in [-0.3, -0.25) is 4.90 Å². The van der Waals surface area contributed by atoms with E-state index >= 15 is 0 Å². The van der Waals surface area contributed by atoms with Gasteiger partial charge in [-0.2, -0.15) is 16.3 Å². The van der Waals surface area contributed by atoms with Crippen LogP contribution in [-0.2, 0) is 13.1 Å². The molecule has 0 fully saturated rings. The van der Waals surface area contributed by atoms with Crippen molar-refractivity contribution in [1.29, 1.82) is 0 Å². The van der Waals surface area contributed by atoms with Crippen LogP contribution >= 0.6 is 11.3 Å². The predicted octanol–water partition coefficient (Wildman–Crippen LogP) is 2.80. The van der Waals surface area contributed by atoms with Gasteiger partial charge in [-0.25, -0.2) is 0 Å². The Morgan fingerprint density at radius 1 is 1.25 bits per heavy atom. The fraction of sp³-hybridized carbons (Fsp3) is 0.294. The summed E-state index contributed by atoms with van der Waals surface area (Å²) >= 11 is 1.59. The molecule has 1 aromatic carbocycles. The molecular formula is C17H19N3O3S. The van der Waals surface area contributed by atoms with Crippen LogP contribution in [0.2, 0.25) is 0 Å². The van der Waals surface area contributed by atoms with Gasteiger partial charge in [0.1, 0.15) is 5.75 Å². The standard InChI is InChI=1S/C17H19N3O3S/c1-22-15-5-3-2-4-13(15)10-20(7-8-21)11-16-18-17(19-23-16)14-6-9-24-12-14/h2-6,9,12,21H,7-8,10-11H2,1H3. The number of thiophene rings is 1. The number of hydrogen-bond acceptors (Lipinski definition) is 7. The molecule has 3 aromatic rings. The normalized spacial score (nSPS) is 11.1. The van der Waals surface area contributed by atoms with Crippen molar-refractivity contribution in [3.63, 3.8) is 0 Å². The van der Waals surface area contributed by atoms with Crippen molar-refractivity contribution in [2.24, 2.45) is 0 Å². The Morgan fingerprint density at radius 2 is 2.12 bits per heavy atom. The predicted molar refractivity (Wildman–Crippen MR) is 91.8 cm³/mol. The molecule has 6 nitrogen and oxygen atoms in total. The molecule has 0 atom stereocenters. The van der Waals surface area contributed by atoms with E-state index in [1.807, 2.05) is 46.0 Å². The van der Waals surface area contributed by atoms with Gasteiger partial charge < -0.3 is 14.4 Å². The largest absolute Gasteiger partial charge is 0.496 e. The number of hydrogen-bond donors (Lipinski definition) is 1. The number of rotatable bonds is 8. The molecule has 24 heavy (non-hydrogen) atoms. The molecule has 0 spiro atoms. The molecule has 2 aromatic heterocycles. The Kier molecular flexibility index (Phi) is 5.58. The average Bonchev–Trinajstić information content (AvgIpc) is 3.26. The van der Waals surface area contributed by atoms with Gasteiger partial charge in [0, 0.05) is 29.6 Å². The minimum Gasteiger partial charge on any atom is -0.496 e. The molecule has 0 radical (unpaired) electrons. The highest BCUT2D eigenvalue weighted by molar-refractivity contribution is 7.08. The molecule has 0 saturated carbocycles. The lowest BCUT2D eigenvalue weighted by Gasteiger charge is -2.20. The van der Waals surface area contributed by atoms with E-state index in [1.165, 1.54) is 0 Å². The van der Waals surface area contributed by atoms with Crippen molar-refractivity contribution in [1.82, 2.24) is 15.0 Å². The molecule has 0 unspecified atom stereocenters. The lowest BCUT2D eigenvalue weighted by atomic mass is 10.2. The maximum Gasteiger partial charge on any atom is 0.241 e. The summed E-state index contributed by atoms with van der Waals surface area (Å²) < 4.78 is 10.7. The third-order valence-electron chi connectivity index (χ3n) is 3.61. The molecule has 0 amide bonds. The molecule has 0 bridgehead atoms. The molecule has 0 aliphatic heterocycles. The number of ether oxygens (including phenoxy) is 1. The van der Waals surface area contributed by atoms with Crippen LogP contribution in [0.3, 0.4) is 0 Å². The van der Waals surface area contributed by atoms with Gasteiger partial charge in [0.15, 0.2) is 0 Å². The molecule has 0 aliphatic rings. The number of nitrogens with zero attached hydrogens (tertiary/aromatic N) is 3. The third-order valence-corrected chi connectivity index (χ3v) is 4.29. The summed E-state index contributed by atoms with van der Waals surface area (Å²) in [6.07, 6.45) is 0. The second kappa shape index (κ2) is 8.05. The third kappa shape index (κ3) is 4.00. The summed E-state index contributed by atoms with van der Waals surface area (Å²) in [4.78, 5) is 6.48. The van der Waals surface area contributed by atoms with Crippen molar-refractivity contribution in [2.45, 2.75) is 13.1 Å². The quantitative estimate of drug-likeness (QED) is 0.677. The van der Waals surface area contributed by atoms with E-state index in [1.54, 1.807) is 18.4 Å². The number of para-hydroxylation sites is 1. The lowest BCUT2D eigenvalue weighted by molar-refractivity contribution is 0.166. The van der Waals surface area contributed by atoms with Crippen molar-refractivity contribution >= 4 is 11.3 Å². The van der Waals surface area contributed by atoms with E-state index in [0.29, 0.717) is 31.3 Å². The topological polar surface area (TPSA) is 71.6 Å². The zero-order chi connectivity index (χ0) is 16.8. The van der Waals surface area contributed by atoms with Crippen LogP contribution in [0.25, 0.3) is 11.4 Å². The number of aromatic nitrogens is 2. The highest BCUT2D eigenvalue weighted by Crippen LogP contribution is 2.21. The number of aliphatic hydroxyl groups excluding tert-OH is 1. The van der Waals surface area contributed by atoms with Crippen LogP contribution < -0.4 is 4.74 Å². The van der Waals surface area contributed by atoms with Crippen molar-refractivity contribution < 1.29 is 14.4 Å². The van der Waals surface area contributed by atoms with Crippen molar-refractivity contribution in [2.75, 3.05) is 20.3 Å². The Balaban J connectivity index is 1.72. The number of benzene rings is 1. The molecule has 126 valence electrons. The number of aliphatic hydroxyl groups is 1. The van der Waals surface area contributed by atoms with Gasteiger partial charge in [-0.15, -0.1) is 0 Å². The molecule has 1 N–H and O–H groups in total. The van der Waals surface area contributed by atoms with E-state index in [2.05, 4.69) is 10.1 Å². The van der Waals surface area contributed by atoms with Gasteiger partial charge in [-0.05, 0) is 17.5 Å². The van der Waals surface area contributed by atoms with Gasteiger partial charge in [0.2, 0.25) is 11.7 Å². The van der Waals surface area contributed by atoms with E-state index in [-0.39, 0.29) is 6.61 Å². The minimum atomic E-state index is 0.0562. The monoisotopic (exact) mass is 345 g/mol. The number of methoxy groups -OCH3 is 1. The first-order valence-corrected chi connectivity index (χ1v) is 8.54. The molecule has 3 rings (SSSR count).